The van der Waals surface area contributed by atoms with Crippen LogP contribution in [0, 0.1) is 11.3 Å². The number of nitrogens with zero attached hydrogens (tertiary/aromatic N) is 1. The fourth-order valence-electron chi connectivity index (χ4n) is 1.30. The van der Waals surface area contributed by atoms with Crippen molar-refractivity contribution in [1.82, 2.24) is 0 Å². The van der Waals surface area contributed by atoms with E-state index in [4.69, 9.17) is 15.9 Å². The van der Waals surface area contributed by atoms with Gasteiger partial charge in [-0.2, -0.15) is 5.26 Å². The molecule has 0 radical (unpaired) electrons. The van der Waals surface area contributed by atoms with Gasteiger partial charge in [0.15, 0.2) is 0 Å². The van der Waals surface area contributed by atoms with Gasteiger partial charge in [0.05, 0.1) is 10.5 Å². The molecule has 1 aromatic rings. The van der Waals surface area contributed by atoms with Crippen molar-refractivity contribution in [2.75, 3.05) is 0 Å². The molecule has 0 N–H and O–H groups in total. The van der Waals surface area contributed by atoms with Crippen LogP contribution in [0.1, 0.15) is 18.1 Å². The molecule has 0 spiro atoms. The summed E-state index contributed by atoms with van der Waals surface area (Å²) in [5.74, 6) is 0. The lowest BCUT2D eigenvalue weighted by Gasteiger charge is -2.07. The lowest BCUT2D eigenvalue weighted by Crippen LogP contribution is -2.00. The number of benzene rings is 1. The molecule has 80 valence electrons. The van der Waals surface area contributed by atoms with E-state index in [0.717, 1.165) is 0 Å². The number of hydrogen-bond acceptors (Lipinski definition) is 3. The molecule has 0 bridgehead atoms. The average Bonchev–Trinajstić information content (AvgIpc) is 2.15. The van der Waals surface area contributed by atoms with Crippen molar-refractivity contribution in [2.45, 2.75) is 18.2 Å². The molecule has 0 saturated heterocycles. The molecule has 6 heteroatoms. The summed E-state index contributed by atoms with van der Waals surface area (Å²) in [4.78, 5) is 0.00594. The Morgan fingerprint density at radius 1 is 1.53 bits per heavy atom. The summed E-state index contributed by atoms with van der Waals surface area (Å²) in [6, 6.07) is 4.86. The molecule has 15 heavy (non-hydrogen) atoms. The molecule has 0 heterocycles. The van der Waals surface area contributed by atoms with Crippen molar-refractivity contribution in [3.8, 4) is 6.07 Å². The average molecular weight is 309 g/mol. The Kier molecular flexibility index (Phi) is 3.77. The first-order valence-corrected chi connectivity index (χ1v) is 7.18. The first-order valence-electron chi connectivity index (χ1n) is 4.08. The maximum atomic E-state index is 11.2. The van der Waals surface area contributed by atoms with Gasteiger partial charge < -0.3 is 0 Å². The summed E-state index contributed by atoms with van der Waals surface area (Å²) in [6.45, 7) is 1.77. The highest BCUT2D eigenvalue weighted by Gasteiger charge is 2.19. The second-order valence-electron chi connectivity index (χ2n) is 2.80. The van der Waals surface area contributed by atoms with Crippen LogP contribution >= 0.6 is 26.6 Å². The van der Waals surface area contributed by atoms with Gasteiger partial charge in [-0.25, -0.2) is 8.42 Å². The van der Waals surface area contributed by atoms with Gasteiger partial charge in [-0.15, -0.1) is 0 Å². The lowest BCUT2D eigenvalue weighted by molar-refractivity contribution is 0.608. The first-order chi connectivity index (χ1) is 6.91. The largest absolute Gasteiger partial charge is 0.261 e. The van der Waals surface area contributed by atoms with Crippen molar-refractivity contribution in [1.29, 1.82) is 5.26 Å². The molecule has 0 saturated carbocycles. The third-order valence-corrected chi connectivity index (χ3v) is 4.01. The smallest absolute Gasteiger partial charge is 0.207 e. The minimum atomic E-state index is -3.79. The number of nitriles is 1. The van der Waals surface area contributed by atoms with E-state index in [1.165, 1.54) is 12.1 Å². The van der Waals surface area contributed by atoms with Gasteiger partial charge in [0.2, 0.25) is 0 Å². The van der Waals surface area contributed by atoms with Crippen LogP contribution in [-0.4, -0.2) is 8.42 Å². The Morgan fingerprint density at radius 2 is 2.13 bits per heavy atom. The lowest BCUT2D eigenvalue weighted by atomic mass is 10.1. The highest BCUT2D eigenvalue weighted by atomic mass is 79.9. The number of halogens is 2. The van der Waals surface area contributed by atoms with Crippen LogP contribution in [0.5, 0.6) is 0 Å². The Hall–Kier alpha value is -0.570. The maximum Gasteiger partial charge on any atom is 0.261 e. The van der Waals surface area contributed by atoms with Gasteiger partial charge in [0.1, 0.15) is 6.07 Å². The Labute approximate surface area is 101 Å². The van der Waals surface area contributed by atoms with Crippen LogP contribution in [0.15, 0.2) is 21.5 Å². The second-order valence-corrected chi connectivity index (χ2v) is 6.19. The quantitative estimate of drug-likeness (QED) is 0.789. The van der Waals surface area contributed by atoms with Crippen molar-refractivity contribution in [3.05, 3.63) is 27.7 Å². The molecule has 0 atom stereocenters. The minimum absolute atomic E-state index is 0.00594. The zero-order chi connectivity index (χ0) is 11.6. The SMILES string of the molecule is CCc1c(S(=O)(=O)Cl)ccc(Br)c1C#N. The van der Waals surface area contributed by atoms with E-state index in [9.17, 15) is 8.42 Å². The zero-order valence-corrected chi connectivity index (χ0v) is 10.9. The Balaban J connectivity index is 3.66. The topological polar surface area (TPSA) is 57.9 Å². The summed E-state index contributed by atoms with van der Waals surface area (Å²) < 4.78 is 23.0. The van der Waals surface area contributed by atoms with Crippen LogP contribution in [0.25, 0.3) is 0 Å². The third kappa shape index (κ3) is 2.51. The normalized spacial score (nSPS) is 11.1. The fourth-order valence-corrected chi connectivity index (χ4v) is 2.97. The van der Waals surface area contributed by atoms with Crippen LogP contribution in [0.2, 0.25) is 0 Å². The van der Waals surface area contributed by atoms with Gasteiger partial charge in [0.25, 0.3) is 9.05 Å². The fraction of sp³-hybridized carbons (Fsp3) is 0.222. The zero-order valence-electron chi connectivity index (χ0n) is 7.79. The molecule has 0 amide bonds. The van der Waals surface area contributed by atoms with Crippen molar-refractivity contribution < 1.29 is 8.42 Å². The summed E-state index contributed by atoms with van der Waals surface area (Å²) in [6.07, 6.45) is 0.434. The minimum Gasteiger partial charge on any atom is -0.207 e. The summed E-state index contributed by atoms with van der Waals surface area (Å²) in [5, 5.41) is 8.90. The molecule has 3 nitrogen and oxygen atoms in total. The predicted molar refractivity (Wildman–Crippen MR) is 61.3 cm³/mol. The Bertz CT molecular complexity index is 534. The summed E-state index contributed by atoms with van der Waals surface area (Å²) in [5.41, 5.74) is 0.765. The maximum absolute atomic E-state index is 11.2. The molecule has 0 aliphatic heterocycles. The summed E-state index contributed by atoms with van der Waals surface area (Å²) >= 11 is 3.19. The van der Waals surface area contributed by atoms with Gasteiger partial charge in [-0.05, 0) is 40.0 Å². The van der Waals surface area contributed by atoms with Crippen LogP contribution in [0.3, 0.4) is 0 Å². The van der Waals surface area contributed by atoms with Crippen molar-refractivity contribution in [3.63, 3.8) is 0 Å². The van der Waals surface area contributed by atoms with Gasteiger partial charge in [-0.3, -0.25) is 0 Å². The molecule has 0 aromatic heterocycles. The highest BCUT2D eigenvalue weighted by molar-refractivity contribution is 9.10. The first kappa shape index (κ1) is 12.5. The van der Waals surface area contributed by atoms with E-state index in [2.05, 4.69) is 15.9 Å². The standard InChI is InChI=1S/C9H7BrClNO2S/c1-2-6-7(5-12)8(10)3-4-9(6)15(11,13)14/h3-4H,2H2,1H3. The molecule has 0 fully saturated rings. The van der Waals surface area contributed by atoms with Crippen LogP contribution < -0.4 is 0 Å². The molecular weight excluding hydrogens is 302 g/mol. The molecule has 0 unspecified atom stereocenters. The number of hydrogen-bond donors (Lipinski definition) is 0. The van der Waals surface area contributed by atoms with E-state index >= 15 is 0 Å². The monoisotopic (exact) mass is 307 g/mol. The van der Waals surface area contributed by atoms with Crippen molar-refractivity contribution >= 4 is 35.7 Å². The Morgan fingerprint density at radius 3 is 2.53 bits per heavy atom. The molecule has 0 aliphatic rings. The molecular formula is C9H7BrClNO2S. The number of rotatable bonds is 2. The van der Waals surface area contributed by atoms with E-state index in [0.29, 0.717) is 22.0 Å². The third-order valence-electron chi connectivity index (χ3n) is 1.95. The van der Waals surface area contributed by atoms with Crippen LogP contribution in [-0.2, 0) is 15.5 Å². The van der Waals surface area contributed by atoms with E-state index in [1.54, 1.807) is 6.92 Å². The van der Waals surface area contributed by atoms with Gasteiger partial charge in [-0.1, -0.05) is 6.92 Å². The van der Waals surface area contributed by atoms with Gasteiger partial charge >= 0.3 is 0 Å². The highest BCUT2D eigenvalue weighted by Crippen LogP contribution is 2.28. The molecule has 1 rings (SSSR count). The van der Waals surface area contributed by atoms with E-state index in [-0.39, 0.29) is 4.90 Å². The van der Waals surface area contributed by atoms with Gasteiger partial charge in [0, 0.05) is 15.2 Å². The van der Waals surface area contributed by atoms with Crippen molar-refractivity contribution in [2.24, 2.45) is 0 Å². The van der Waals surface area contributed by atoms with Crippen LogP contribution in [0.4, 0.5) is 0 Å². The van der Waals surface area contributed by atoms with E-state index in [1.807, 2.05) is 6.07 Å². The molecule has 1 aromatic carbocycles. The molecule has 0 aliphatic carbocycles. The van der Waals surface area contributed by atoms with E-state index < -0.39 is 9.05 Å². The second kappa shape index (κ2) is 4.52. The summed E-state index contributed by atoms with van der Waals surface area (Å²) in [7, 11) is 1.48. The predicted octanol–water partition coefficient (Wildman–Crippen LogP) is 2.81.